The van der Waals surface area contributed by atoms with Gasteiger partial charge in [0, 0.05) is 37.6 Å². The molecule has 0 aliphatic heterocycles. The molecular formula is C38H74O12Si2. The van der Waals surface area contributed by atoms with E-state index in [4.69, 9.17) is 37.0 Å². The second-order valence-electron chi connectivity index (χ2n) is 12.0. The molecule has 0 amide bonds. The minimum absolute atomic E-state index is 0.132. The lowest BCUT2D eigenvalue weighted by Gasteiger charge is -2.21. The summed E-state index contributed by atoms with van der Waals surface area (Å²) in [5.41, 5.74) is 0.979. The summed E-state index contributed by atoms with van der Waals surface area (Å²) in [6, 6.07) is 0.866. The van der Waals surface area contributed by atoms with Gasteiger partial charge in [0.2, 0.25) is 0 Å². The molecule has 0 saturated carbocycles. The van der Waals surface area contributed by atoms with Crippen LogP contribution in [0.4, 0.5) is 0 Å². The predicted octanol–water partition coefficient (Wildman–Crippen LogP) is 8.31. The molecule has 0 unspecified atom stereocenters. The fourth-order valence-corrected chi connectivity index (χ4v) is 7.83. The first-order chi connectivity index (χ1) is 24.8. The molecule has 0 rings (SSSR count). The van der Waals surface area contributed by atoms with Crippen LogP contribution in [0.25, 0.3) is 0 Å². The predicted molar refractivity (Wildman–Crippen MR) is 212 cm³/mol. The molecule has 0 aromatic rings. The average Bonchev–Trinajstić information content (AvgIpc) is 3.11. The number of hydrogen-bond acceptors (Lipinski definition) is 10. The van der Waals surface area contributed by atoms with Crippen molar-refractivity contribution in [2.24, 2.45) is 0 Å². The first-order valence-electron chi connectivity index (χ1n) is 19.2. The van der Waals surface area contributed by atoms with Crippen LogP contribution in [-0.2, 0) is 46.3 Å². The average molecular weight is 779 g/mol. The van der Waals surface area contributed by atoms with E-state index in [9.17, 15) is 19.5 Å². The van der Waals surface area contributed by atoms with Gasteiger partial charge in [-0.1, -0.05) is 73.3 Å². The zero-order chi connectivity index (χ0) is 40.2. The molecule has 0 fully saturated rings. The summed E-state index contributed by atoms with van der Waals surface area (Å²) in [5.74, 6) is -2.02. The Morgan fingerprint density at radius 1 is 0.558 bits per heavy atom. The molecule has 14 heteroatoms. The molecule has 0 spiro atoms. The number of aliphatic carboxylic acids is 2. The van der Waals surface area contributed by atoms with Gasteiger partial charge in [0.05, 0.1) is 19.8 Å². The highest BCUT2D eigenvalue weighted by Crippen LogP contribution is 2.18. The van der Waals surface area contributed by atoms with Gasteiger partial charge in [-0.3, -0.25) is 0 Å². The smallest absolute Gasteiger partial charge is 0.352 e. The third-order valence-electron chi connectivity index (χ3n) is 7.10. The van der Waals surface area contributed by atoms with Crippen LogP contribution in [-0.4, -0.2) is 92.9 Å². The van der Waals surface area contributed by atoms with Crippen molar-refractivity contribution in [3.63, 3.8) is 0 Å². The standard InChI is InChI=1S/C15H30O4Si.C12H22O4.C11H22O4Si/c1-5-8-11-18-20(19-12-9-6-2)14(10-7-3)13(4)15(16)17;1-4-6-8-15-12(10(3)11(13)14)16-9-7-5-2;1-5-14-16(15-6-2)9-7-8-13-11(12)10(3)4/h20H,5-12H2,1-4H3,(H,16,17);4-9H2,1-3H3,(H,13,14);16H,3,5-9H2,1-2,4H3. The van der Waals surface area contributed by atoms with E-state index in [0.29, 0.717) is 57.4 Å². The maximum Gasteiger partial charge on any atom is 0.352 e. The maximum atomic E-state index is 11.2. The topological polar surface area (TPSA) is 156 Å². The number of carboxylic acid groups (broad SMARTS) is 2. The van der Waals surface area contributed by atoms with Gasteiger partial charge in [0.1, 0.15) is 5.57 Å². The fourth-order valence-electron chi connectivity index (χ4n) is 3.90. The Morgan fingerprint density at radius 2 is 0.981 bits per heavy atom. The molecule has 0 aliphatic carbocycles. The molecule has 0 bridgehead atoms. The Morgan fingerprint density at radius 3 is 1.35 bits per heavy atom. The molecule has 2 N–H and O–H groups in total. The molecule has 0 aromatic heterocycles. The zero-order valence-corrected chi connectivity index (χ0v) is 36.6. The minimum atomic E-state index is -2.04. The maximum absolute atomic E-state index is 11.2. The molecule has 52 heavy (non-hydrogen) atoms. The molecule has 0 saturated heterocycles. The lowest BCUT2D eigenvalue weighted by atomic mass is 10.2. The summed E-state index contributed by atoms with van der Waals surface area (Å²) in [6.45, 7) is 26.7. The Hall–Kier alpha value is -2.50. The van der Waals surface area contributed by atoms with E-state index in [0.717, 1.165) is 81.9 Å². The largest absolute Gasteiger partial charge is 0.478 e. The summed E-state index contributed by atoms with van der Waals surface area (Å²) in [7, 11) is -3.58. The van der Waals surface area contributed by atoms with Crippen molar-refractivity contribution in [2.45, 2.75) is 146 Å². The number of esters is 1. The van der Waals surface area contributed by atoms with E-state index in [2.05, 4.69) is 41.2 Å². The Kier molecular flexibility index (Phi) is 39.6. The monoisotopic (exact) mass is 778 g/mol. The van der Waals surface area contributed by atoms with Crippen molar-refractivity contribution in [2.75, 3.05) is 46.2 Å². The van der Waals surface area contributed by atoms with Crippen LogP contribution in [0.5, 0.6) is 0 Å². The summed E-state index contributed by atoms with van der Waals surface area (Å²) in [6.07, 6.45) is 10.4. The molecule has 0 radical (unpaired) electrons. The van der Waals surface area contributed by atoms with Crippen LogP contribution < -0.4 is 0 Å². The zero-order valence-electron chi connectivity index (χ0n) is 34.3. The third kappa shape index (κ3) is 31.1. The Labute approximate surface area is 319 Å². The summed E-state index contributed by atoms with van der Waals surface area (Å²) in [4.78, 5) is 33.1. The van der Waals surface area contributed by atoms with Gasteiger partial charge < -0.3 is 42.1 Å². The molecule has 0 aliphatic rings. The SMILES string of the molecule is C=C(C)C(=O)OCCC[SiH](OCC)OCC.CCCCOC(OCCCC)=C(C)C(=O)O.CCCCO[SiH](OCCCC)C(CCC)=C(C)C(=O)O. The van der Waals surface area contributed by atoms with E-state index in [1.165, 1.54) is 6.92 Å². The van der Waals surface area contributed by atoms with Gasteiger partial charge in [0.15, 0.2) is 0 Å². The van der Waals surface area contributed by atoms with E-state index in [1.54, 1.807) is 13.8 Å². The molecule has 12 nitrogen and oxygen atoms in total. The number of ether oxygens (including phenoxy) is 3. The van der Waals surface area contributed by atoms with Crippen LogP contribution in [0.15, 0.2) is 34.4 Å². The van der Waals surface area contributed by atoms with Gasteiger partial charge in [-0.2, -0.15) is 0 Å². The van der Waals surface area contributed by atoms with Gasteiger partial charge in [-0.15, -0.1) is 0 Å². The van der Waals surface area contributed by atoms with Crippen molar-refractivity contribution in [3.05, 3.63) is 34.4 Å². The lowest BCUT2D eigenvalue weighted by Crippen LogP contribution is -2.29. The van der Waals surface area contributed by atoms with Crippen LogP contribution in [0.2, 0.25) is 6.04 Å². The Bertz CT molecular complexity index is 973. The van der Waals surface area contributed by atoms with E-state index < -0.39 is 30.5 Å². The van der Waals surface area contributed by atoms with Gasteiger partial charge in [-0.25, -0.2) is 14.4 Å². The van der Waals surface area contributed by atoms with Gasteiger partial charge >= 0.3 is 36.5 Å². The second kappa shape index (κ2) is 38.2. The van der Waals surface area contributed by atoms with Gasteiger partial charge in [-0.05, 0) is 84.4 Å². The molecular weight excluding hydrogens is 705 g/mol. The highest BCUT2D eigenvalue weighted by molar-refractivity contribution is 6.54. The number of rotatable bonds is 30. The number of allylic oxidation sites excluding steroid dienone is 1. The number of hydrogen-bond donors (Lipinski definition) is 2. The number of unbranched alkanes of at least 4 members (excludes halogenated alkanes) is 4. The van der Waals surface area contributed by atoms with Crippen LogP contribution in [0.3, 0.4) is 0 Å². The van der Waals surface area contributed by atoms with Crippen molar-refractivity contribution in [3.8, 4) is 0 Å². The van der Waals surface area contributed by atoms with Crippen LogP contribution in [0, 0.1) is 0 Å². The summed E-state index contributed by atoms with van der Waals surface area (Å²) < 4.78 is 38.5. The molecule has 0 heterocycles. The quantitative estimate of drug-likeness (QED) is 0.0237. The molecule has 0 atom stereocenters. The van der Waals surface area contributed by atoms with Crippen molar-refractivity contribution >= 4 is 36.5 Å². The van der Waals surface area contributed by atoms with Crippen LogP contribution in [0.1, 0.15) is 140 Å². The van der Waals surface area contributed by atoms with Crippen molar-refractivity contribution < 1.29 is 56.5 Å². The third-order valence-corrected chi connectivity index (χ3v) is 11.8. The summed E-state index contributed by atoms with van der Waals surface area (Å²) in [5, 5.41) is 19.0. The van der Waals surface area contributed by atoms with E-state index >= 15 is 0 Å². The number of carbonyl (C=O) groups excluding carboxylic acids is 1. The number of carboxylic acids is 2. The van der Waals surface area contributed by atoms with Crippen LogP contribution >= 0.6 is 0 Å². The minimum Gasteiger partial charge on any atom is -0.478 e. The molecule has 0 aromatic carbocycles. The normalized spacial score (nSPS) is 11.1. The van der Waals surface area contributed by atoms with Gasteiger partial charge in [0.25, 0.3) is 5.95 Å². The van der Waals surface area contributed by atoms with E-state index in [-0.39, 0.29) is 17.5 Å². The number of carbonyl (C=O) groups is 3. The highest BCUT2D eigenvalue weighted by Gasteiger charge is 2.24. The second-order valence-corrected chi connectivity index (χ2v) is 16.1. The fraction of sp³-hybridized carbons (Fsp3) is 0.763. The van der Waals surface area contributed by atoms with E-state index in [1.807, 2.05) is 13.8 Å². The first kappa shape index (κ1) is 53.9. The first-order valence-corrected chi connectivity index (χ1v) is 22.5. The Balaban J connectivity index is -0.000000699. The highest BCUT2D eigenvalue weighted by atomic mass is 28.3. The van der Waals surface area contributed by atoms with Crippen molar-refractivity contribution in [1.29, 1.82) is 0 Å². The lowest BCUT2D eigenvalue weighted by molar-refractivity contribution is -0.139. The summed E-state index contributed by atoms with van der Waals surface area (Å²) >= 11 is 0. The molecule has 306 valence electrons. The van der Waals surface area contributed by atoms with Crippen molar-refractivity contribution in [1.82, 2.24) is 0 Å².